The van der Waals surface area contributed by atoms with Crippen molar-refractivity contribution >= 4 is 27.9 Å². The lowest BCUT2D eigenvalue weighted by molar-refractivity contribution is 0.0290. The first-order valence-corrected chi connectivity index (χ1v) is 9.14. The Bertz CT molecular complexity index is 687. The lowest BCUT2D eigenvalue weighted by Crippen LogP contribution is -2.40. The van der Waals surface area contributed by atoms with Crippen LogP contribution in [0.3, 0.4) is 0 Å². The van der Waals surface area contributed by atoms with Crippen LogP contribution < -0.4 is 14.8 Å². The second-order valence-corrected chi connectivity index (χ2v) is 7.93. The van der Waals surface area contributed by atoms with Crippen LogP contribution in [-0.2, 0) is 4.74 Å². The molecular formula is C18H25BrN2O5. The zero-order valence-electron chi connectivity index (χ0n) is 15.7. The monoisotopic (exact) mass is 428 g/mol. The predicted octanol–water partition coefficient (Wildman–Crippen LogP) is 3.21. The maximum Gasteiger partial charge on any atom is 0.410 e. The molecule has 0 unspecified atom stereocenters. The second kappa shape index (κ2) is 8.16. The SMILES string of the molecule is COc1cc(Br)c(C(=O)N[C@@H]2CCN(C(=O)OC(C)(C)C)C2)cc1OC. The first kappa shape index (κ1) is 20.4. The van der Waals surface area contributed by atoms with E-state index in [1.165, 1.54) is 14.2 Å². The van der Waals surface area contributed by atoms with Crippen LogP contribution in [0.2, 0.25) is 0 Å². The molecule has 0 bridgehead atoms. The molecule has 0 saturated carbocycles. The van der Waals surface area contributed by atoms with Crippen LogP contribution in [0, 0.1) is 0 Å². The largest absolute Gasteiger partial charge is 0.493 e. The summed E-state index contributed by atoms with van der Waals surface area (Å²) in [7, 11) is 3.05. The third-order valence-corrected chi connectivity index (χ3v) is 4.55. The minimum Gasteiger partial charge on any atom is -0.493 e. The molecule has 1 heterocycles. The van der Waals surface area contributed by atoms with Crippen molar-refractivity contribution in [1.82, 2.24) is 10.2 Å². The standard InChI is InChI=1S/C18H25BrN2O5/c1-18(2,3)26-17(23)21-7-6-11(10-21)20-16(22)12-8-14(24-4)15(25-5)9-13(12)19/h8-9,11H,6-7,10H2,1-5H3,(H,20,22)/t11-/m1/s1. The molecule has 144 valence electrons. The Balaban J connectivity index is 2.02. The van der Waals surface area contributed by atoms with E-state index in [4.69, 9.17) is 14.2 Å². The number of nitrogens with one attached hydrogen (secondary N) is 1. The van der Waals surface area contributed by atoms with Crippen LogP contribution >= 0.6 is 15.9 Å². The van der Waals surface area contributed by atoms with Gasteiger partial charge in [0, 0.05) is 23.6 Å². The van der Waals surface area contributed by atoms with Gasteiger partial charge in [0.1, 0.15) is 5.60 Å². The molecule has 1 aromatic carbocycles. The highest BCUT2D eigenvalue weighted by Gasteiger charge is 2.31. The van der Waals surface area contributed by atoms with Crippen LogP contribution in [0.4, 0.5) is 4.79 Å². The van der Waals surface area contributed by atoms with Crippen molar-refractivity contribution in [3.05, 3.63) is 22.2 Å². The number of carbonyl (C=O) groups is 2. The molecule has 1 saturated heterocycles. The van der Waals surface area contributed by atoms with Gasteiger partial charge in [-0.25, -0.2) is 4.79 Å². The van der Waals surface area contributed by atoms with Gasteiger partial charge in [0.15, 0.2) is 11.5 Å². The lowest BCUT2D eigenvalue weighted by atomic mass is 10.1. The first-order chi connectivity index (χ1) is 12.1. The second-order valence-electron chi connectivity index (χ2n) is 7.07. The van der Waals surface area contributed by atoms with Crippen LogP contribution in [-0.4, -0.2) is 55.9 Å². The summed E-state index contributed by atoms with van der Waals surface area (Å²) in [6.07, 6.45) is 0.317. The van der Waals surface area contributed by atoms with Crippen molar-refractivity contribution in [1.29, 1.82) is 0 Å². The van der Waals surface area contributed by atoms with Gasteiger partial charge in [-0.05, 0) is 55.3 Å². The average Bonchev–Trinajstić information content (AvgIpc) is 3.01. The molecule has 0 radical (unpaired) electrons. The fourth-order valence-electron chi connectivity index (χ4n) is 2.66. The Morgan fingerprint density at radius 2 is 1.81 bits per heavy atom. The van der Waals surface area contributed by atoms with Gasteiger partial charge in [0.2, 0.25) is 0 Å². The molecule has 8 heteroatoms. The number of likely N-dealkylation sites (tertiary alicyclic amines) is 1. The summed E-state index contributed by atoms with van der Waals surface area (Å²) in [5.74, 6) is 0.768. The van der Waals surface area contributed by atoms with Gasteiger partial charge in [0.05, 0.1) is 19.8 Å². The third-order valence-electron chi connectivity index (χ3n) is 3.89. The summed E-state index contributed by atoms with van der Waals surface area (Å²) in [6, 6.07) is 3.18. The molecule has 2 rings (SSSR count). The number of methoxy groups -OCH3 is 2. The topological polar surface area (TPSA) is 77.1 Å². The van der Waals surface area contributed by atoms with E-state index in [0.717, 1.165) is 0 Å². The zero-order valence-corrected chi connectivity index (χ0v) is 17.3. The van der Waals surface area contributed by atoms with E-state index < -0.39 is 5.60 Å². The van der Waals surface area contributed by atoms with E-state index in [9.17, 15) is 9.59 Å². The highest BCUT2D eigenvalue weighted by molar-refractivity contribution is 9.10. The fourth-order valence-corrected chi connectivity index (χ4v) is 3.16. The Morgan fingerprint density at radius 3 is 2.38 bits per heavy atom. The predicted molar refractivity (Wildman–Crippen MR) is 101 cm³/mol. The molecule has 1 aliphatic rings. The smallest absolute Gasteiger partial charge is 0.410 e. The van der Waals surface area contributed by atoms with Gasteiger partial charge >= 0.3 is 6.09 Å². The number of carbonyl (C=O) groups excluding carboxylic acids is 2. The summed E-state index contributed by atoms with van der Waals surface area (Å²) in [6.45, 7) is 6.46. The molecule has 1 fully saturated rings. The summed E-state index contributed by atoms with van der Waals surface area (Å²) in [5.41, 5.74) is -0.0958. The van der Waals surface area contributed by atoms with Crippen LogP contribution in [0.1, 0.15) is 37.6 Å². The Hall–Kier alpha value is -1.96. The molecule has 0 spiro atoms. The number of hydrogen-bond acceptors (Lipinski definition) is 5. The Kier molecular flexibility index (Phi) is 6.39. The van der Waals surface area contributed by atoms with Crippen molar-refractivity contribution in [3.8, 4) is 11.5 Å². The number of amides is 2. The number of hydrogen-bond donors (Lipinski definition) is 1. The zero-order chi connectivity index (χ0) is 19.5. The highest BCUT2D eigenvalue weighted by Crippen LogP contribution is 2.33. The van der Waals surface area contributed by atoms with E-state index in [-0.39, 0.29) is 18.0 Å². The van der Waals surface area contributed by atoms with E-state index >= 15 is 0 Å². The van der Waals surface area contributed by atoms with Crippen molar-refractivity contribution in [2.45, 2.75) is 38.8 Å². The summed E-state index contributed by atoms with van der Waals surface area (Å²) in [5, 5.41) is 2.96. The van der Waals surface area contributed by atoms with Crippen LogP contribution in [0.5, 0.6) is 11.5 Å². The number of rotatable bonds is 4. The van der Waals surface area contributed by atoms with Crippen molar-refractivity contribution in [2.24, 2.45) is 0 Å². The minimum atomic E-state index is -0.539. The maximum atomic E-state index is 12.6. The molecule has 1 aromatic rings. The molecule has 1 atom stereocenters. The first-order valence-electron chi connectivity index (χ1n) is 8.35. The van der Waals surface area contributed by atoms with E-state index in [2.05, 4.69) is 21.2 Å². The molecule has 1 aliphatic heterocycles. The molecule has 1 N–H and O–H groups in total. The maximum absolute atomic E-state index is 12.6. The van der Waals surface area contributed by atoms with Crippen molar-refractivity contribution < 1.29 is 23.8 Å². The molecule has 0 aliphatic carbocycles. The fraction of sp³-hybridized carbons (Fsp3) is 0.556. The van der Waals surface area contributed by atoms with Gasteiger partial charge in [-0.3, -0.25) is 4.79 Å². The molecular weight excluding hydrogens is 404 g/mol. The summed E-state index contributed by atoms with van der Waals surface area (Å²) >= 11 is 3.39. The minimum absolute atomic E-state index is 0.130. The summed E-state index contributed by atoms with van der Waals surface area (Å²) in [4.78, 5) is 26.4. The highest BCUT2D eigenvalue weighted by atomic mass is 79.9. The van der Waals surface area contributed by atoms with Crippen molar-refractivity contribution in [3.63, 3.8) is 0 Å². The Morgan fingerprint density at radius 1 is 1.19 bits per heavy atom. The molecule has 0 aromatic heterocycles. The lowest BCUT2D eigenvalue weighted by Gasteiger charge is -2.24. The third kappa shape index (κ3) is 5.03. The van der Waals surface area contributed by atoms with Crippen LogP contribution in [0.15, 0.2) is 16.6 Å². The Labute approximate surface area is 162 Å². The van der Waals surface area contributed by atoms with Gasteiger partial charge in [-0.1, -0.05) is 0 Å². The van der Waals surface area contributed by atoms with Crippen molar-refractivity contribution in [2.75, 3.05) is 27.3 Å². The van der Waals surface area contributed by atoms with E-state index in [1.807, 2.05) is 20.8 Å². The molecule has 2 amide bonds. The van der Waals surface area contributed by atoms with Gasteiger partial charge in [-0.2, -0.15) is 0 Å². The van der Waals surface area contributed by atoms with Gasteiger partial charge in [0.25, 0.3) is 5.91 Å². The van der Waals surface area contributed by atoms with Gasteiger partial charge < -0.3 is 24.4 Å². The van der Waals surface area contributed by atoms with E-state index in [0.29, 0.717) is 41.0 Å². The van der Waals surface area contributed by atoms with E-state index in [1.54, 1.807) is 17.0 Å². The number of nitrogens with zero attached hydrogens (tertiary/aromatic N) is 1. The summed E-state index contributed by atoms with van der Waals surface area (Å²) < 4.78 is 16.4. The quantitative estimate of drug-likeness (QED) is 0.796. The molecule has 7 nitrogen and oxygen atoms in total. The van der Waals surface area contributed by atoms with Gasteiger partial charge in [-0.15, -0.1) is 0 Å². The average molecular weight is 429 g/mol. The number of benzene rings is 1. The number of ether oxygens (including phenoxy) is 3. The normalized spacial score (nSPS) is 17.0. The van der Waals surface area contributed by atoms with Crippen LogP contribution in [0.25, 0.3) is 0 Å². The molecule has 26 heavy (non-hydrogen) atoms. The number of halogens is 1.